The molecular weight excluding hydrogens is 174 g/mol. The van der Waals surface area contributed by atoms with E-state index >= 15 is 0 Å². The van der Waals surface area contributed by atoms with Gasteiger partial charge in [0.15, 0.2) is 5.96 Å². The Balaban J connectivity index is 2.04. The second-order valence-electron chi connectivity index (χ2n) is 4.75. The maximum atomic E-state index is 6.05. The van der Waals surface area contributed by atoms with Gasteiger partial charge in [0, 0.05) is 12.1 Å². The first kappa shape index (κ1) is 9.81. The van der Waals surface area contributed by atoms with E-state index in [0.29, 0.717) is 18.1 Å². The molecular formula is C11H21N3. The van der Waals surface area contributed by atoms with Crippen LogP contribution in [-0.2, 0) is 0 Å². The first-order chi connectivity index (χ1) is 6.68. The molecule has 0 aromatic rings. The van der Waals surface area contributed by atoms with E-state index in [4.69, 9.17) is 5.73 Å². The van der Waals surface area contributed by atoms with Crippen molar-refractivity contribution in [2.24, 2.45) is 10.7 Å². The minimum absolute atomic E-state index is 0.538. The van der Waals surface area contributed by atoms with Crippen molar-refractivity contribution in [1.82, 2.24) is 4.90 Å². The van der Waals surface area contributed by atoms with Gasteiger partial charge in [-0.05, 0) is 46.0 Å². The van der Waals surface area contributed by atoms with Gasteiger partial charge in [0.05, 0.1) is 6.04 Å². The van der Waals surface area contributed by atoms with E-state index in [1.165, 1.54) is 32.1 Å². The zero-order valence-corrected chi connectivity index (χ0v) is 9.24. The number of nitrogens with zero attached hydrogens (tertiary/aromatic N) is 2. The average molecular weight is 195 g/mol. The van der Waals surface area contributed by atoms with Crippen molar-refractivity contribution in [3.05, 3.63) is 0 Å². The first-order valence-electron chi connectivity index (χ1n) is 5.80. The fraction of sp³-hybridized carbons (Fsp3) is 0.909. The van der Waals surface area contributed by atoms with E-state index in [0.717, 1.165) is 5.96 Å². The van der Waals surface area contributed by atoms with E-state index in [9.17, 15) is 0 Å². The molecule has 3 nitrogen and oxygen atoms in total. The van der Waals surface area contributed by atoms with Crippen LogP contribution in [0.4, 0.5) is 0 Å². The summed E-state index contributed by atoms with van der Waals surface area (Å²) in [7, 11) is 0. The van der Waals surface area contributed by atoms with Crippen LogP contribution >= 0.6 is 0 Å². The predicted molar refractivity (Wildman–Crippen MR) is 59.3 cm³/mol. The first-order valence-corrected chi connectivity index (χ1v) is 5.80. The van der Waals surface area contributed by atoms with Crippen molar-refractivity contribution in [3.8, 4) is 0 Å². The van der Waals surface area contributed by atoms with Crippen LogP contribution in [-0.4, -0.2) is 29.0 Å². The minimum atomic E-state index is 0.538. The van der Waals surface area contributed by atoms with Gasteiger partial charge in [-0.25, -0.2) is 4.99 Å². The van der Waals surface area contributed by atoms with Crippen molar-refractivity contribution < 1.29 is 0 Å². The quantitative estimate of drug-likeness (QED) is 0.511. The second kappa shape index (κ2) is 3.79. The standard InChI is InChI=1S/C11H21N3/c1-8-4-3-5-9(2)14(8)11(12)13-10-6-7-10/h8-10H,3-7H2,1-2H3,(H2,12,13). The van der Waals surface area contributed by atoms with Gasteiger partial charge < -0.3 is 10.6 Å². The highest BCUT2D eigenvalue weighted by atomic mass is 15.3. The molecule has 1 heterocycles. The molecule has 1 saturated carbocycles. The van der Waals surface area contributed by atoms with Crippen LogP contribution in [0.3, 0.4) is 0 Å². The Labute approximate surface area is 86.4 Å². The van der Waals surface area contributed by atoms with Crippen molar-refractivity contribution in [3.63, 3.8) is 0 Å². The van der Waals surface area contributed by atoms with Gasteiger partial charge in [-0.3, -0.25) is 0 Å². The maximum Gasteiger partial charge on any atom is 0.192 e. The van der Waals surface area contributed by atoms with E-state index in [1.54, 1.807) is 0 Å². The fourth-order valence-corrected chi connectivity index (χ4v) is 2.33. The van der Waals surface area contributed by atoms with E-state index < -0.39 is 0 Å². The smallest absolute Gasteiger partial charge is 0.192 e. The molecule has 0 amide bonds. The largest absolute Gasteiger partial charge is 0.370 e. The maximum absolute atomic E-state index is 6.05. The van der Waals surface area contributed by atoms with E-state index in [1.807, 2.05) is 0 Å². The zero-order chi connectivity index (χ0) is 10.1. The third-order valence-electron chi connectivity index (χ3n) is 3.32. The van der Waals surface area contributed by atoms with Gasteiger partial charge in [0.2, 0.25) is 0 Å². The van der Waals surface area contributed by atoms with Gasteiger partial charge in [0.1, 0.15) is 0 Å². The normalized spacial score (nSPS) is 34.7. The van der Waals surface area contributed by atoms with Crippen LogP contribution in [0.2, 0.25) is 0 Å². The summed E-state index contributed by atoms with van der Waals surface area (Å²) in [5.74, 6) is 0.784. The highest BCUT2D eigenvalue weighted by molar-refractivity contribution is 5.79. The van der Waals surface area contributed by atoms with Crippen LogP contribution in [0.25, 0.3) is 0 Å². The molecule has 0 aromatic heterocycles. The molecule has 0 aromatic carbocycles. The number of rotatable bonds is 1. The Morgan fingerprint density at radius 2 is 1.71 bits per heavy atom. The summed E-state index contributed by atoms with van der Waals surface area (Å²) in [6, 6.07) is 1.68. The molecule has 1 aliphatic carbocycles. The molecule has 3 heteroatoms. The topological polar surface area (TPSA) is 41.6 Å². The molecule has 2 aliphatic rings. The van der Waals surface area contributed by atoms with E-state index in [2.05, 4.69) is 23.7 Å². The van der Waals surface area contributed by atoms with Gasteiger partial charge in [-0.2, -0.15) is 0 Å². The fourth-order valence-electron chi connectivity index (χ4n) is 2.33. The third-order valence-corrected chi connectivity index (χ3v) is 3.32. The molecule has 0 bridgehead atoms. The lowest BCUT2D eigenvalue weighted by Crippen LogP contribution is -2.51. The highest BCUT2D eigenvalue weighted by Gasteiger charge is 2.28. The van der Waals surface area contributed by atoms with Gasteiger partial charge in [0.25, 0.3) is 0 Å². The van der Waals surface area contributed by atoms with Crippen molar-refractivity contribution in [2.75, 3.05) is 0 Å². The molecule has 2 atom stereocenters. The number of aliphatic imine (C=N–C) groups is 1. The third kappa shape index (κ3) is 2.02. The number of hydrogen-bond acceptors (Lipinski definition) is 1. The Hall–Kier alpha value is -0.730. The lowest BCUT2D eigenvalue weighted by molar-refractivity contribution is 0.188. The second-order valence-corrected chi connectivity index (χ2v) is 4.75. The lowest BCUT2D eigenvalue weighted by Gasteiger charge is -2.39. The van der Waals surface area contributed by atoms with Crippen LogP contribution in [0.1, 0.15) is 46.0 Å². The summed E-state index contributed by atoms with van der Waals surface area (Å²) in [5.41, 5.74) is 6.05. The van der Waals surface area contributed by atoms with E-state index in [-0.39, 0.29) is 0 Å². The summed E-state index contributed by atoms with van der Waals surface area (Å²) in [5, 5.41) is 0. The number of likely N-dealkylation sites (tertiary alicyclic amines) is 1. The van der Waals surface area contributed by atoms with Crippen LogP contribution < -0.4 is 5.73 Å². The van der Waals surface area contributed by atoms with Crippen molar-refractivity contribution in [2.45, 2.75) is 64.1 Å². The molecule has 80 valence electrons. The number of guanidine groups is 1. The molecule has 2 N–H and O–H groups in total. The monoisotopic (exact) mass is 195 g/mol. The summed E-state index contributed by atoms with van der Waals surface area (Å²) in [6.45, 7) is 4.51. The Morgan fingerprint density at radius 1 is 1.14 bits per heavy atom. The van der Waals surface area contributed by atoms with Crippen molar-refractivity contribution >= 4 is 5.96 Å². The summed E-state index contributed by atoms with van der Waals surface area (Å²) in [4.78, 5) is 6.84. The Kier molecular flexibility index (Phi) is 2.66. The van der Waals surface area contributed by atoms with Crippen LogP contribution in [0, 0.1) is 0 Å². The summed E-state index contributed by atoms with van der Waals surface area (Å²) >= 11 is 0. The number of hydrogen-bond donors (Lipinski definition) is 1. The molecule has 0 spiro atoms. The molecule has 2 fully saturated rings. The van der Waals surface area contributed by atoms with Crippen LogP contribution in [0.15, 0.2) is 4.99 Å². The predicted octanol–water partition coefficient (Wildman–Crippen LogP) is 1.73. The SMILES string of the molecule is CC1CCCC(C)N1C(N)=NC1CC1. The number of piperidine rings is 1. The highest BCUT2D eigenvalue weighted by Crippen LogP contribution is 2.26. The summed E-state index contributed by atoms with van der Waals surface area (Å²) in [6.07, 6.45) is 6.31. The van der Waals surface area contributed by atoms with Gasteiger partial charge >= 0.3 is 0 Å². The molecule has 2 unspecified atom stereocenters. The lowest BCUT2D eigenvalue weighted by atomic mass is 9.98. The summed E-state index contributed by atoms with van der Waals surface area (Å²) < 4.78 is 0. The molecule has 0 radical (unpaired) electrons. The molecule has 14 heavy (non-hydrogen) atoms. The van der Waals surface area contributed by atoms with Gasteiger partial charge in [-0.15, -0.1) is 0 Å². The molecule has 2 rings (SSSR count). The van der Waals surface area contributed by atoms with Gasteiger partial charge in [-0.1, -0.05) is 0 Å². The minimum Gasteiger partial charge on any atom is -0.370 e. The molecule has 1 aliphatic heterocycles. The Morgan fingerprint density at radius 3 is 2.21 bits per heavy atom. The van der Waals surface area contributed by atoms with Crippen molar-refractivity contribution in [1.29, 1.82) is 0 Å². The zero-order valence-electron chi connectivity index (χ0n) is 9.24. The number of nitrogens with two attached hydrogens (primary N) is 1. The molecule has 1 saturated heterocycles. The Bertz CT molecular complexity index is 223. The average Bonchev–Trinajstić information content (AvgIpc) is 2.87. The van der Waals surface area contributed by atoms with Crippen LogP contribution in [0.5, 0.6) is 0 Å².